The van der Waals surface area contributed by atoms with Crippen molar-refractivity contribution < 1.29 is 19.4 Å². The lowest BCUT2D eigenvalue weighted by Gasteiger charge is -2.37. The lowest BCUT2D eigenvalue weighted by atomic mass is 10.1. The Bertz CT molecular complexity index is 1300. The predicted octanol–water partition coefficient (Wildman–Crippen LogP) is 4.64. The molecule has 40 heavy (non-hydrogen) atoms. The third-order valence-electron chi connectivity index (χ3n) is 6.05. The van der Waals surface area contributed by atoms with Gasteiger partial charge >= 0.3 is 0 Å². The van der Waals surface area contributed by atoms with Crippen LogP contribution in [0.25, 0.3) is 10.9 Å². The van der Waals surface area contributed by atoms with E-state index in [4.69, 9.17) is 9.47 Å². The molecule has 0 unspecified atom stereocenters. The largest absolute Gasteiger partial charge is 0.497 e. The SMILES string of the molecule is CC.CNc1ccc(OC)cc1.COc1c(Nc2n[nH]c3ccccc23)ncnc1N1CC(O)C1.O=CC1CC1. The number of para-hydroxylation sites is 1. The van der Waals surface area contributed by atoms with Gasteiger partial charge in [0.15, 0.2) is 17.5 Å². The number of aliphatic hydroxyl groups excluding tert-OH is 1. The van der Waals surface area contributed by atoms with Crippen LogP contribution in [0.2, 0.25) is 0 Å². The van der Waals surface area contributed by atoms with Crippen LogP contribution in [0.1, 0.15) is 26.7 Å². The van der Waals surface area contributed by atoms with Crippen LogP contribution in [0.15, 0.2) is 54.9 Å². The number of hydrogen-bond donors (Lipinski definition) is 4. The van der Waals surface area contributed by atoms with E-state index in [0.29, 0.717) is 42.2 Å². The molecular formula is C29H39N7O4. The van der Waals surface area contributed by atoms with Crippen molar-refractivity contribution in [3.05, 3.63) is 54.9 Å². The highest BCUT2D eigenvalue weighted by atomic mass is 16.5. The molecule has 0 atom stereocenters. The Morgan fingerprint density at radius 3 is 2.25 bits per heavy atom. The number of aromatic nitrogens is 4. The summed E-state index contributed by atoms with van der Waals surface area (Å²) in [5.41, 5.74) is 2.04. The zero-order chi connectivity index (χ0) is 28.9. The Kier molecular flexibility index (Phi) is 11.5. The van der Waals surface area contributed by atoms with Gasteiger partial charge < -0.3 is 34.9 Å². The molecule has 214 valence electrons. The number of β-amino-alcohol motifs (C(OH)–C–C–N with tert-alkyl or cyclic N) is 1. The van der Waals surface area contributed by atoms with Crippen molar-refractivity contribution in [3.8, 4) is 11.5 Å². The first-order valence-corrected chi connectivity index (χ1v) is 13.4. The smallest absolute Gasteiger partial charge is 0.204 e. The molecule has 1 saturated heterocycles. The van der Waals surface area contributed by atoms with Gasteiger partial charge in [0, 0.05) is 37.1 Å². The number of rotatable bonds is 7. The number of carbonyl (C=O) groups excluding carboxylic acids is 1. The maximum absolute atomic E-state index is 9.57. The molecule has 1 aliphatic heterocycles. The molecule has 2 aromatic carbocycles. The summed E-state index contributed by atoms with van der Waals surface area (Å²) < 4.78 is 10.5. The summed E-state index contributed by atoms with van der Waals surface area (Å²) in [5.74, 6) is 3.75. The lowest BCUT2D eigenvalue weighted by molar-refractivity contribution is -0.108. The number of hydrogen-bond acceptors (Lipinski definition) is 10. The molecule has 11 nitrogen and oxygen atoms in total. The summed E-state index contributed by atoms with van der Waals surface area (Å²) in [6.07, 6.45) is 4.47. The number of aliphatic hydroxyl groups is 1. The van der Waals surface area contributed by atoms with Gasteiger partial charge in [0.05, 0.1) is 25.8 Å². The normalized spacial score (nSPS) is 13.7. The van der Waals surface area contributed by atoms with Crippen LogP contribution >= 0.6 is 0 Å². The van der Waals surface area contributed by atoms with E-state index in [-0.39, 0.29) is 6.10 Å². The van der Waals surface area contributed by atoms with E-state index in [1.807, 2.05) is 74.3 Å². The molecule has 0 radical (unpaired) electrons. The maximum Gasteiger partial charge on any atom is 0.204 e. The number of carbonyl (C=O) groups is 1. The van der Waals surface area contributed by atoms with E-state index in [0.717, 1.165) is 41.5 Å². The first kappa shape index (κ1) is 30.2. The highest BCUT2D eigenvalue weighted by Gasteiger charge is 2.29. The first-order valence-electron chi connectivity index (χ1n) is 13.4. The Morgan fingerprint density at radius 1 is 1.00 bits per heavy atom. The van der Waals surface area contributed by atoms with E-state index >= 15 is 0 Å². The summed E-state index contributed by atoms with van der Waals surface area (Å²) in [7, 11) is 5.13. The number of methoxy groups -OCH3 is 2. The highest BCUT2D eigenvalue weighted by Crippen LogP contribution is 2.36. The van der Waals surface area contributed by atoms with Crippen LogP contribution in [-0.4, -0.2) is 72.0 Å². The minimum absolute atomic E-state index is 0.318. The number of fused-ring (bicyclic) bond motifs is 1. The number of benzene rings is 2. The van der Waals surface area contributed by atoms with E-state index in [9.17, 15) is 9.90 Å². The fourth-order valence-corrected chi connectivity index (χ4v) is 3.66. The van der Waals surface area contributed by atoms with Gasteiger partial charge in [0.2, 0.25) is 5.75 Å². The van der Waals surface area contributed by atoms with E-state index in [1.165, 1.54) is 6.33 Å². The topological polar surface area (TPSA) is 138 Å². The average Bonchev–Trinajstić information content (AvgIpc) is 3.77. The van der Waals surface area contributed by atoms with Gasteiger partial charge in [-0.05, 0) is 49.2 Å². The number of nitrogens with one attached hydrogen (secondary N) is 3. The molecule has 6 rings (SSSR count). The second kappa shape index (κ2) is 15.3. The van der Waals surface area contributed by atoms with Crippen molar-refractivity contribution in [2.75, 3.05) is 49.9 Å². The first-order chi connectivity index (χ1) is 19.6. The predicted molar refractivity (Wildman–Crippen MR) is 159 cm³/mol. The third kappa shape index (κ3) is 8.06. The van der Waals surface area contributed by atoms with Gasteiger partial charge in [-0.2, -0.15) is 5.10 Å². The molecule has 2 aliphatic rings. The van der Waals surface area contributed by atoms with Crippen molar-refractivity contribution in [1.29, 1.82) is 0 Å². The van der Waals surface area contributed by atoms with Crippen LogP contribution in [0, 0.1) is 5.92 Å². The number of H-pyrrole nitrogens is 1. The molecule has 0 amide bonds. The van der Waals surface area contributed by atoms with Crippen LogP contribution in [-0.2, 0) is 4.79 Å². The Hall–Kier alpha value is -4.38. The van der Waals surface area contributed by atoms with Crippen molar-refractivity contribution >= 4 is 40.3 Å². The van der Waals surface area contributed by atoms with Crippen molar-refractivity contribution in [2.45, 2.75) is 32.8 Å². The number of anilines is 4. The summed E-state index contributed by atoms with van der Waals surface area (Å²) in [5, 5.41) is 23.9. The van der Waals surface area contributed by atoms with Gasteiger partial charge in [-0.25, -0.2) is 9.97 Å². The third-order valence-corrected chi connectivity index (χ3v) is 6.05. The number of ether oxygens (including phenoxy) is 2. The van der Waals surface area contributed by atoms with Gasteiger partial charge in [0.25, 0.3) is 0 Å². The van der Waals surface area contributed by atoms with Crippen LogP contribution in [0.5, 0.6) is 11.5 Å². The molecule has 0 spiro atoms. The zero-order valence-corrected chi connectivity index (χ0v) is 23.7. The van der Waals surface area contributed by atoms with Gasteiger partial charge in [0.1, 0.15) is 18.4 Å². The van der Waals surface area contributed by atoms with Gasteiger partial charge in [-0.3, -0.25) is 5.10 Å². The summed E-state index contributed by atoms with van der Waals surface area (Å²) in [6.45, 7) is 5.08. The Morgan fingerprint density at radius 2 is 1.70 bits per heavy atom. The summed E-state index contributed by atoms with van der Waals surface area (Å²) in [4.78, 5) is 20.0. The molecule has 4 N–H and O–H groups in total. The van der Waals surface area contributed by atoms with Crippen molar-refractivity contribution in [3.63, 3.8) is 0 Å². The Balaban J connectivity index is 0.000000213. The molecule has 2 aromatic heterocycles. The monoisotopic (exact) mass is 549 g/mol. The second-order valence-electron chi connectivity index (χ2n) is 8.83. The number of aromatic amines is 1. The molecule has 1 aliphatic carbocycles. The van der Waals surface area contributed by atoms with E-state index in [2.05, 4.69) is 30.8 Å². The minimum atomic E-state index is -0.318. The minimum Gasteiger partial charge on any atom is -0.497 e. The lowest BCUT2D eigenvalue weighted by Crippen LogP contribution is -2.51. The summed E-state index contributed by atoms with van der Waals surface area (Å²) in [6, 6.07) is 15.6. The molecular weight excluding hydrogens is 510 g/mol. The quantitative estimate of drug-likeness (QED) is 0.241. The van der Waals surface area contributed by atoms with Crippen LogP contribution < -0.4 is 25.0 Å². The Labute approximate surface area is 234 Å². The molecule has 11 heteroatoms. The zero-order valence-electron chi connectivity index (χ0n) is 23.7. The second-order valence-corrected chi connectivity index (χ2v) is 8.83. The molecule has 1 saturated carbocycles. The van der Waals surface area contributed by atoms with Crippen LogP contribution in [0.4, 0.5) is 23.1 Å². The summed E-state index contributed by atoms with van der Waals surface area (Å²) >= 11 is 0. The standard InChI is InChI=1S/C15H16N6O2.C8H11NO.C4H6O.C2H6/c1-23-12-14(16-8-17-15(12)21-6-9(22)7-21)18-13-10-4-2-3-5-11(10)19-20-13;1-9-7-3-5-8(10-2)6-4-7;5-3-4-1-2-4;1-2/h2-5,8-9,22H,6-7H2,1H3,(H2,16,17,18,19,20);3-6,9H,1-2H3;3-4H,1-2H2;1-2H3. The molecule has 0 bridgehead atoms. The molecule has 4 aromatic rings. The van der Waals surface area contributed by atoms with Crippen LogP contribution in [0.3, 0.4) is 0 Å². The van der Waals surface area contributed by atoms with Crippen molar-refractivity contribution in [2.24, 2.45) is 5.92 Å². The van der Waals surface area contributed by atoms with E-state index < -0.39 is 0 Å². The van der Waals surface area contributed by atoms with Gasteiger partial charge in [-0.1, -0.05) is 26.0 Å². The van der Waals surface area contributed by atoms with Crippen molar-refractivity contribution in [1.82, 2.24) is 20.2 Å². The maximum atomic E-state index is 9.57. The fraction of sp³-hybridized carbons (Fsp3) is 0.379. The number of nitrogens with zero attached hydrogens (tertiary/aromatic N) is 4. The fourth-order valence-electron chi connectivity index (χ4n) is 3.66. The molecule has 2 fully saturated rings. The van der Waals surface area contributed by atoms with E-state index in [1.54, 1.807) is 14.2 Å². The average molecular weight is 550 g/mol. The van der Waals surface area contributed by atoms with Gasteiger partial charge in [-0.15, -0.1) is 0 Å². The molecule has 3 heterocycles. The highest BCUT2D eigenvalue weighted by molar-refractivity contribution is 5.91. The number of aldehydes is 1.